The molecule has 24 heavy (non-hydrogen) atoms. The molecule has 0 spiro atoms. The number of pyridine rings is 1. The summed E-state index contributed by atoms with van der Waals surface area (Å²) >= 11 is 0. The second-order valence-corrected chi connectivity index (χ2v) is 5.80. The number of hydrogen-bond acceptors (Lipinski definition) is 4. The number of nitrogens with one attached hydrogen (secondary N) is 1. The van der Waals surface area contributed by atoms with Crippen LogP contribution in [0.5, 0.6) is 5.75 Å². The van der Waals surface area contributed by atoms with Crippen LogP contribution >= 0.6 is 0 Å². The van der Waals surface area contributed by atoms with Crippen molar-refractivity contribution in [1.82, 2.24) is 14.8 Å². The van der Waals surface area contributed by atoms with Crippen LogP contribution in [0.1, 0.15) is 22.0 Å². The number of amides is 1. The van der Waals surface area contributed by atoms with E-state index < -0.39 is 0 Å². The zero-order chi connectivity index (χ0) is 17.7. The Labute approximate surface area is 141 Å². The van der Waals surface area contributed by atoms with E-state index in [4.69, 9.17) is 4.74 Å². The van der Waals surface area contributed by atoms with Crippen LogP contribution in [0.3, 0.4) is 0 Å². The Bertz CT molecular complexity index is 768. The molecule has 128 valence electrons. The van der Waals surface area contributed by atoms with Crippen LogP contribution in [0.25, 0.3) is 0 Å². The molecule has 1 amide bonds. The zero-order valence-electron chi connectivity index (χ0n) is 14.4. The maximum Gasteiger partial charge on any atom is 0.251 e. The quantitative estimate of drug-likeness (QED) is 0.871. The van der Waals surface area contributed by atoms with E-state index in [0.29, 0.717) is 12.1 Å². The van der Waals surface area contributed by atoms with E-state index in [0.717, 1.165) is 11.3 Å². The van der Waals surface area contributed by atoms with Gasteiger partial charge in [-0.05, 0) is 26.2 Å². The predicted molar refractivity (Wildman–Crippen MR) is 93.4 cm³/mol. The van der Waals surface area contributed by atoms with Crippen molar-refractivity contribution >= 4 is 5.91 Å². The lowest BCUT2D eigenvalue weighted by Crippen LogP contribution is -2.35. The van der Waals surface area contributed by atoms with Crippen LogP contribution in [-0.2, 0) is 7.05 Å². The molecule has 0 fully saturated rings. The van der Waals surface area contributed by atoms with E-state index in [-0.39, 0.29) is 17.5 Å². The fourth-order valence-corrected chi connectivity index (χ4v) is 2.49. The van der Waals surface area contributed by atoms with E-state index in [1.165, 1.54) is 10.6 Å². The van der Waals surface area contributed by atoms with Gasteiger partial charge in [-0.3, -0.25) is 9.59 Å². The molecule has 1 heterocycles. The van der Waals surface area contributed by atoms with Crippen LogP contribution in [0.4, 0.5) is 0 Å². The second kappa shape index (κ2) is 7.79. The molecule has 0 radical (unpaired) electrons. The summed E-state index contributed by atoms with van der Waals surface area (Å²) in [6.07, 6.45) is 1.58. The van der Waals surface area contributed by atoms with Crippen LogP contribution in [0.2, 0.25) is 0 Å². The molecule has 0 saturated heterocycles. The molecule has 0 aliphatic rings. The van der Waals surface area contributed by atoms with E-state index in [2.05, 4.69) is 5.32 Å². The fourth-order valence-electron chi connectivity index (χ4n) is 2.49. The third kappa shape index (κ3) is 4.02. The van der Waals surface area contributed by atoms with Crippen molar-refractivity contribution in [3.8, 4) is 5.75 Å². The van der Waals surface area contributed by atoms with Gasteiger partial charge in [0.05, 0.1) is 13.2 Å². The number of methoxy groups -OCH3 is 1. The first-order valence-electron chi connectivity index (χ1n) is 7.68. The largest absolute Gasteiger partial charge is 0.496 e. The average Bonchev–Trinajstić information content (AvgIpc) is 2.57. The smallest absolute Gasteiger partial charge is 0.251 e. The summed E-state index contributed by atoms with van der Waals surface area (Å²) in [7, 11) is 7.17. The number of nitrogens with zero attached hydrogens (tertiary/aromatic N) is 2. The fraction of sp³-hybridized carbons (Fsp3) is 0.333. The molecule has 2 aromatic rings. The van der Waals surface area contributed by atoms with Gasteiger partial charge in [-0.2, -0.15) is 0 Å². The lowest BCUT2D eigenvalue weighted by atomic mass is 10.0. The minimum atomic E-state index is -0.269. The third-order valence-electron chi connectivity index (χ3n) is 3.94. The van der Waals surface area contributed by atoms with Gasteiger partial charge in [-0.25, -0.2) is 0 Å². The van der Waals surface area contributed by atoms with Crippen molar-refractivity contribution < 1.29 is 9.53 Å². The Morgan fingerprint density at radius 1 is 1.29 bits per heavy atom. The predicted octanol–water partition coefficient (Wildman–Crippen LogP) is 1.43. The van der Waals surface area contributed by atoms with Gasteiger partial charge in [-0.15, -0.1) is 0 Å². The number of aromatic nitrogens is 1. The Morgan fingerprint density at radius 2 is 2.00 bits per heavy atom. The van der Waals surface area contributed by atoms with Crippen molar-refractivity contribution in [3.63, 3.8) is 0 Å². The van der Waals surface area contributed by atoms with E-state index in [1.807, 2.05) is 43.3 Å². The Hall–Kier alpha value is -2.60. The summed E-state index contributed by atoms with van der Waals surface area (Å²) in [6.45, 7) is 0.404. The van der Waals surface area contributed by atoms with Crippen molar-refractivity contribution in [3.05, 3.63) is 64.1 Å². The molecule has 0 aliphatic carbocycles. The lowest BCUT2D eigenvalue weighted by Gasteiger charge is -2.26. The highest BCUT2D eigenvalue weighted by Crippen LogP contribution is 2.27. The SMILES string of the molecule is COc1ccccc1C(CNC(=O)c1ccn(C)c(=O)c1)N(C)C. The summed E-state index contributed by atoms with van der Waals surface area (Å²) in [4.78, 5) is 26.0. The molecule has 6 nitrogen and oxygen atoms in total. The van der Waals surface area contributed by atoms with Gasteiger partial charge in [0.2, 0.25) is 0 Å². The minimum Gasteiger partial charge on any atom is -0.496 e. The molecule has 1 aromatic carbocycles. The monoisotopic (exact) mass is 329 g/mol. The number of ether oxygens (including phenoxy) is 1. The Kier molecular flexibility index (Phi) is 5.76. The summed E-state index contributed by atoms with van der Waals surface area (Å²) in [5.74, 6) is 0.508. The van der Waals surface area contributed by atoms with Gasteiger partial charge >= 0.3 is 0 Å². The first kappa shape index (κ1) is 17.7. The van der Waals surface area contributed by atoms with Crippen molar-refractivity contribution in [2.24, 2.45) is 7.05 Å². The maximum absolute atomic E-state index is 12.3. The number of carbonyl (C=O) groups is 1. The first-order valence-corrected chi connectivity index (χ1v) is 7.68. The molecule has 0 aliphatic heterocycles. The molecule has 0 bridgehead atoms. The van der Waals surface area contributed by atoms with Crippen molar-refractivity contribution in [2.75, 3.05) is 27.7 Å². The van der Waals surface area contributed by atoms with Gasteiger partial charge in [0.1, 0.15) is 5.75 Å². The van der Waals surface area contributed by atoms with E-state index >= 15 is 0 Å². The summed E-state index contributed by atoms with van der Waals surface area (Å²) in [5, 5.41) is 2.89. The minimum absolute atomic E-state index is 0.0448. The number of aryl methyl sites for hydroxylation is 1. The van der Waals surface area contributed by atoms with Gasteiger partial charge in [-0.1, -0.05) is 18.2 Å². The highest BCUT2D eigenvalue weighted by atomic mass is 16.5. The van der Waals surface area contributed by atoms with Gasteiger partial charge in [0, 0.05) is 37.0 Å². The highest BCUT2D eigenvalue weighted by molar-refractivity contribution is 5.94. The number of para-hydroxylation sites is 1. The molecule has 2 rings (SSSR count). The molecule has 1 aromatic heterocycles. The summed E-state index contributed by atoms with van der Waals surface area (Å²) in [5.41, 5.74) is 1.14. The zero-order valence-corrected chi connectivity index (χ0v) is 14.4. The standard InChI is InChI=1S/C18H23N3O3/c1-20(2)15(14-7-5-6-8-16(14)24-4)12-19-18(23)13-9-10-21(3)17(22)11-13/h5-11,15H,12H2,1-4H3,(H,19,23). The molecule has 6 heteroatoms. The van der Waals surface area contributed by atoms with Crippen molar-refractivity contribution in [1.29, 1.82) is 0 Å². The summed E-state index contributed by atoms with van der Waals surface area (Å²) in [6, 6.07) is 10.7. The summed E-state index contributed by atoms with van der Waals surface area (Å²) < 4.78 is 6.84. The van der Waals surface area contributed by atoms with Crippen molar-refractivity contribution in [2.45, 2.75) is 6.04 Å². The second-order valence-electron chi connectivity index (χ2n) is 5.80. The number of benzene rings is 1. The van der Waals surface area contributed by atoms with Crippen LogP contribution in [0.15, 0.2) is 47.4 Å². The van der Waals surface area contributed by atoms with Crippen LogP contribution in [-0.4, -0.2) is 43.1 Å². The topological polar surface area (TPSA) is 63.6 Å². The molecular weight excluding hydrogens is 306 g/mol. The number of rotatable bonds is 6. The molecule has 0 saturated carbocycles. The lowest BCUT2D eigenvalue weighted by molar-refractivity contribution is 0.0941. The van der Waals surface area contributed by atoms with Crippen LogP contribution in [0, 0.1) is 0 Å². The highest BCUT2D eigenvalue weighted by Gasteiger charge is 2.19. The molecule has 1 N–H and O–H groups in total. The van der Waals surface area contributed by atoms with Gasteiger partial charge in [0.15, 0.2) is 0 Å². The molecule has 1 unspecified atom stereocenters. The van der Waals surface area contributed by atoms with Crippen LogP contribution < -0.4 is 15.6 Å². The maximum atomic E-state index is 12.3. The first-order chi connectivity index (χ1) is 11.4. The Balaban J connectivity index is 2.15. The number of hydrogen-bond donors (Lipinski definition) is 1. The van der Waals surface area contributed by atoms with Gasteiger partial charge in [0.25, 0.3) is 11.5 Å². The Morgan fingerprint density at radius 3 is 2.62 bits per heavy atom. The van der Waals surface area contributed by atoms with E-state index in [9.17, 15) is 9.59 Å². The molecule has 1 atom stereocenters. The molecular formula is C18H23N3O3. The van der Waals surface area contributed by atoms with Gasteiger partial charge < -0.3 is 19.5 Å². The third-order valence-corrected chi connectivity index (χ3v) is 3.94. The average molecular weight is 329 g/mol. The number of likely N-dealkylation sites (N-methyl/N-ethyl adjacent to an activating group) is 1. The normalized spacial score (nSPS) is 12.0. The number of carbonyl (C=O) groups excluding carboxylic acids is 1. The van der Waals surface area contributed by atoms with E-state index in [1.54, 1.807) is 26.4 Å².